The van der Waals surface area contributed by atoms with E-state index in [0.717, 1.165) is 5.56 Å². The van der Waals surface area contributed by atoms with Gasteiger partial charge in [0.1, 0.15) is 11.2 Å². The Balaban J connectivity index is 1.81. The number of thioether (sulfide) groups is 1. The predicted octanol–water partition coefficient (Wildman–Crippen LogP) is 3.70. The van der Waals surface area contributed by atoms with Crippen molar-refractivity contribution in [2.75, 3.05) is 30.1 Å². The van der Waals surface area contributed by atoms with E-state index in [4.69, 9.17) is 0 Å². The van der Waals surface area contributed by atoms with Crippen LogP contribution in [0.4, 0.5) is 20.6 Å². The van der Waals surface area contributed by atoms with E-state index >= 15 is 0 Å². The van der Waals surface area contributed by atoms with Gasteiger partial charge in [0.05, 0.1) is 5.75 Å². The number of amides is 3. The molecule has 2 aromatic carbocycles. The van der Waals surface area contributed by atoms with E-state index in [0.29, 0.717) is 17.1 Å². The van der Waals surface area contributed by atoms with Crippen LogP contribution in [0, 0.1) is 5.82 Å². The Morgan fingerprint density at radius 3 is 2.40 bits per heavy atom. The van der Waals surface area contributed by atoms with Gasteiger partial charge in [-0.1, -0.05) is 12.1 Å². The van der Waals surface area contributed by atoms with Crippen LogP contribution in [0.2, 0.25) is 0 Å². The summed E-state index contributed by atoms with van der Waals surface area (Å²) in [4.78, 5) is 27.1. The largest absolute Gasteiger partial charge is 0.331 e. The summed E-state index contributed by atoms with van der Waals surface area (Å²) in [5.74, 6) is 0.0356. The molecule has 0 radical (unpaired) electrons. The molecule has 5 nitrogen and oxygen atoms in total. The standard InChI is InChI=1S/C18H18FN3O2S/c1-21(2)18(24)20-14-7-3-12(4-8-14)17-22(16(23)11-25-17)15-9-5-13(19)6-10-15/h3-10,17H,11H2,1-2H3,(H,20,24). The lowest BCUT2D eigenvalue weighted by Gasteiger charge is -2.24. The van der Waals surface area contributed by atoms with Crippen LogP contribution in [0.3, 0.4) is 0 Å². The van der Waals surface area contributed by atoms with Gasteiger partial charge in [-0.25, -0.2) is 9.18 Å². The Labute approximate surface area is 149 Å². The lowest BCUT2D eigenvalue weighted by atomic mass is 10.1. The molecule has 1 heterocycles. The van der Waals surface area contributed by atoms with Gasteiger partial charge in [0.15, 0.2) is 0 Å². The van der Waals surface area contributed by atoms with Crippen molar-refractivity contribution in [2.45, 2.75) is 5.37 Å². The molecular weight excluding hydrogens is 341 g/mol. The summed E-state index contributed by atoms with van der Waals surface area (Å²) in [5.41, 5.74) is 2.31. The van der Waals surface area contributed by atoms with Gasteiger partial charge >= 0.3 is 6.03 Å². The van der Waals surface area contributed by atoms with Crippen molar-refractivity contribution >= 4 is 35.1 Å². The van der Waals surface area contributed by atoms with Gasteiger partial charge in [-0.3, -0.25) is 9.69 Å². The van der Waals surface area contributed by atoms with Gasteiger partial charge in [-0.05, 0) is 42.0 Å². The molecule has 3 rings (SSSR count). The fourth-order valence-corrected chi connectivity index (χ4v) is 3.70. The highest BCUT2D eigenvalue weighted by molar-refractivity contribution is 8.00. The summed E-state index contributed by atoms with van der Waals surface area (Å²) in [6.45, 7) is 0. The van der Waals surface area contributed by atoms with Crippen LogP contribution in [0.1, 0.15) is 10.9 Å². The third kappa shape index (κ3) is 3.76. The fourth-order valence-electron chi connectivity index (χ4n) is 2.52. The average Bonchev–Trinajstić information content (AvgIpc) is 2.98. The number of carbonyl (C=O) groups excluding carboxylic acids is 2. The molecular formula is C18H18FN3O2S. The number of hydrogen-bond donors (Lipinski definition) is 1. The van der Waals surface area contributed by atoms with Crippen molar-refractivity contribution in [2.24, 2.45) is 0 Å². The van der Waals surface area contributed by atoms with Crippen molar-refractivity contribution in [3.63, 3.8) is 0 Å². The number of rotatable bonds is 3. The number of hydrogen-bond acceptors (Lipinski definition) is 3. The number of anilines is 2. The van der Waals surface area contributed by atoms with Crippen LogP contribution in [-0.4, -0.2) is 36.7 Å². The predicted molar refractivity (Wildman–Crippen MR) is 98.2 cm³/mol. The lowest BCUT2D eigenvalue weighted by molar-refractivity contribution is -0.115. The highest BCUT2D eigenvalue weighted by Crippen LogP contribution is 2.41. The van der Waals surface area contributed by atoms with Crippen molar-refractivity contribution in [3.05, 3.63) is 59.9 Å². The Bertz CT molecular complexity index is 778. The maximum absolute atomic E-state index is 13.1. The maximum atomic E-state index is 13.1. The molecule has 0 bridgehead atoms. The molecule has 130 valence electrons. The second kappa shape index (κ2) is 7.14. The molecule has 1 atom stereocenters. The van der Waals surface area contributed by atoms with E-state index < -0.39 is 0 Å². The summed E-state index contributed by atoms with van der Waals surface area (Å²) < 4.78 is 13.1. The number of urea groups is 1. The summed E-state index contributed by atoms with van der Waals surface area (Å²) in [6, 6.07) is 13.1. The first-order chi connectivity index (χ1) is 12.0. The van der Waals surface area contributed by atoms with Gasteiger partial charge in [-0.2, -0.15) is 0 Å². The van der Waals surface area contributed by atoms with Gasteiger partial charge in [0, 0.05) is 25.5 Å². The maximum Gasteiger partial charge on any atom is 0.321 e. The number of carbonyl (C=O) groups is 2. The van der Waals surface area contributed by atoms with Crippen molar-refractivity contribution in [3.8, 4) is 0 Å². The van der Waals surface area contributed by atoms with Crippen molar-refractivity contribution in [1.29, 1.82) is 0 Å². The minimum Gasteiger partial charge on any atom is -0.331 e. The molecule has 1 aliphatic heterocycles. The Kier molecular flexibility index (Phi) is 4.94. The van der Waals surface area contributed by atoms with Crippen molar-refractivity contribution in [1.82, 2.24) is 4.90 Å². The molecule has 1 unspecified atom stereocenters. The summed E-state index contributed by atoms with van der Waals surface area (Å²) in [6.07, 6.45) is 0. The zero-order valence-corrected chi connectivity index (χ0v) is 14.7. The second-order valence-electron chi connectivity index (χ2n) is 5.85. The highest BCUT2D eigenvalue weighted by Gasteiger charge is 2.33. The summed E-state index contributed by atoms with van der Waals surface area (Å²) in [7, 11) is 3.34. The number of nitrogens with zero attached hydrogens (tertiary/aromatic N) is 2. The molecule has 3 amide bonds. The van der Waals surface area contributed by atoms with Crippen molar-refractivity contribution < 1.29 is 14.0 Å². The average molecular weight is 359 g/mol. The Morgan fingerprint density at radius 2 is 1.80 bits per heavy atom. The van der Waals surface area contributed by atoms with E-state index in [-0.39, 0.29) is 23.1 Å². The first kappa shape index (κ1) is 17.3. The van der Waals surface area contributed by atoms with Crippen LogP contribution in [0.5, 0.6) is 0 Å². The van der Waals surface area contributed by atoms with Gasteiger partial charge in [0.25, 0.3) is 0 Å². The molecule has 2 aromatic rings. The Hall–Kier alpha value is -2.54. The van der Waals surface area contributed by atoms with Gasteiger partial charge in [0.2, 0.25) is 5.91 Å². The van der Waals surface area contributed by atoms with E-state index in [1.807, 2.05) is 24.3 Å². The molecule has 25 heavy (non-hydrogen) atoms. The quantitative estimate of drug-likeness (QED) is 0.909. The Morgan fingerprint density at radius 1 is 1.16 bits per heavy atom. The molecule has 0 saturated carbocycles. The molecule has 0 aliphatic carbocycles. The molecule has 0 spiro atoms. The zero-order chi connectivity index (χ0) is 18.0. The SMILES string of the molecule is CN(C)C(=O)Nc1ccc(C2SCC(=O)N2c2ccc(F)cc2)cc1. The van der Waals surface area contributed by atoms with E-state index in [1.165, 1.54) is 28.8 Å². The van der Waals surface area contributed by atoms with Gasteiger partial charge in [-0.15, -0.1) is 11.8 Å². The van der Waals surface area contributed by atoms with Crippen LogP contribution in [-0.2, 0) is 4.79 Å². The molecule has 1 N–H and O–H groups in total. The van der Waals surface area contributed by atoms with E-state index in [2.05, 4.69) is 5.32 Å². The zero-order valence-electron chi connectivity index (χ0n) is 13.9. The fraction of sp³-hybridized carbons (Fsp3) is 0.222. The number of nitrogens with one attached hydrogen (secondary N) is 1. The topological polar surface area (TPSA) is 52.7 Å². The van der Waals surface area contributed by atoms with Gasteiger partial charge < -0.3 is 10.2 Å². The summed E-state index contributed by atoms with van der Waals surface area (Å²) >= 11 is 1.52. The minimum absolute atomic E-state index is 0.00778. The molecule has 1 fully saturated rings. The number of benzene rings is 2. The van der Waals surface area contributed by atoms with E-state index in [1.54, 1.807) is 31.1 Å². The van der Waals surface area contributed by atoms with Crippen LogP contribution in [0.15, 0.2) is 48.5 Å². The monoisotopic (exact) mass is 359 g/mol. The number of halogens is 1. The first-order valence-electron chi connectivity index (χ1n) is 7.73. The highest BCUT2D eigenvalue weighted by atomic mass is 32.2. The molecule has 1 aliphatic rings. The normalized spacial score (nSPS) is 16.8. The van der Waals surface area contributed by atoms with E-state index in [9.17, 15) is 14.0 Å². The van der Waals surface area contributed by atoms with Crippen LogP contribution < -0.4 is 10.2 Å². The first-order valence-corrected chi connectivity index (χ1v) is 8.78. The van der Waals surface area contributed by atoms with Crippen LogP contribution >= 0.6 is 11.8 Å². The third-order valence-corrected chi connectivity index (χ3v) is 5.04. The van der Waals surface area contributed by atoms with Crippen LogP contribution in [0.25, 0.3) is 0 Å². The second-order valence-corrected chi connectivity index (χ2v) is 6.92. The smallest absolute Gasteiger partial charge is 0.321 e. The minimum atomic E-state index is -0.333. The summed E-state index contributed by atoms with van der Waals surface area (Å²) in [5, 5.41) is 2.61. The molecule has 0 aromatic heterocycles. The third-order valence-electron chi connectivity index (χ3n) is 3.83. The molecule has 1 saturated heterocycles. The molecule has 7 heteroatoms. The lowest BCUT2D eigenvalue weighted by Crippen LogP contribution is -2.28.